The lowest BCUT2D eigenvalue weighted by molar-refractivity contribution is 0.415. The number of rotatable bonds is 5. The summed E-state index contributed by atoms with van der Waals surface area (Å²) in [6.07, 6.45) is 1.11. The first kappa shape index (κ1) is 14.3. The molecule has 1 aromatic carbocycles. The van der Waals surface area contributed by atoms with E-state index in [-0.39, 0.29) is 5.82 Å². The summed E-state index contributed by atoms with van der Waals surface area (Å²) in [5.41, 5.74) is 0.617. The minimum absolute atomic E-state index is 0.0836. The van der Waals surface area contributed by atoms with Gasteiger partial charge >= 0.3 is 0 Å². The summed E-state index contributed by atoms with van der Waals surface area (Å²) in [4.78, 5) is 7.89. The van der Waals surface area contributed by atoms with Gasteiger partial charge in [-0.15, -0.1) is 0 Å². The normalized spacial score (nSPS) is 10.2. The van der Waals surface area contributed by atoms with Crippen LogP contribution < -0.4 is 15.4 Å². The summed E-state index contributed by atoms with van der Waals surface area (Å²) in [5, 5.41) is 6.27. The third kappa shape index (κ3) is 3.27. The molecular formula is C13H14ClFN4O. The maximum Gasteiger partial charge on any atom is 0.224 e. The Morgan fingerprint density at radius 3 is 2.90 bits per heavy atom. The van der Waals surface area contributed by atoms with Crippen LogP contribution in [-0.2, 0) is 0 Å². The summed E-state index contributed by atoms with van der Waals surface area (Å²) in [6, 6.07) is 5.03. The van der Waals surface area contributed by atoms with Crippen molar-refractivity contribution in [3.05, 3.63) is 35.2 Å². The van der Waals surface area contributed by atoms with E-state index in [1.54, 1.807) is 18.2 Å². The van der Waals surface area contributed by atoms with Crippen LogP contribution in [0.15, 0.2) is 24.4 Å². The molecule has 0 aliphatic rings. The fourth-order valence-electron chi connectivity index (χ4n) is 1.57. The number of halogens is 2. The highest BCUT2D eigenvalue weighted by atomic mass is 35.5. The molecule has 2 aromatic rings. The average Bonchev–Trinajstić information content (AvgIpc) is 2.45. The van der Waals surface area contributed by atoms with Crippen molar-refractivity contribution in [1.29, 1.82) is 0 Å². The van der Waals surface area contributed by atoms with E-state index >= 15 is 0 Å². The van der Waals surface area contributed by atoms with Crippen LogP contribution in [0, 0.1) is 5.82 Å². The Morgan fingerprint density at radius 2 is 2.20 bits per heavy atom. The molecule has 5 nitrogen and oxygen atoms in total. The van der Waals surface area contributed by atoms with Gasteiger partial charge in [0.1, 0.15) is 5.75 Å². The number of hydrogen-bond acceptors (Lipinski definition) is 5. The van der Waals surface area contributed by atoms with Crippen molar-refractivity contribution in [3.63, 3.8) is 0 Å². The molecule has 0 spiro atoms. The number of ether oxygens (including phenoxy) is 1. The third-order valence-electron chi connectivity index (χ3n) is 2.49. The molecule has 0 bridgehead atoms. The summed E-state index contributed by atoms with van der Waals surface area (Å²) >= 11 is 5.93. The lowest BCUT2D eigenvalue weighted by Crippen LogP contribution is -2.05. The van der Waals surface area contributed by atoms with E-state index in [9.17, 15) is 4.39 Å². The molecule has 7 heteroatoms. The van der Waals surface area contributed by atoms with Crippen LogP contribution in [-0.4, -0.2) is 23.6 Å². The second-order valence-corrected chi connectivity index (χ2v) is 4.30. The fraction of sp³-hybridized carbons (Fsp3) is 0.231. The number of methoxy groups -OCH3 is 1. The molecule has 0 unspecified atom stereocenters. The number of nitrogens with zero attached hydrogens (tertiary/aromatic N) is 2. The zero-order valence-corrected chi connectivity index (χ0v) is 11.8. The van der Waals surface area contributed by atoms with E-state index in [1.807, 2.05) is 6.92 Å². The van der Waals surface area contributed by atoms with Gasteiger partial charge in [0.2, 0.25) is 5.95 Å². The summed E-state index contributed by atoms with van der Waals surface area (Å²) in [6.45, 7) is 2.56. The second kappa shape index (κ2) is 6.38. The van der Waals surface area contributed by atoms with Crippen LogP contribution in [0.2, 0.25) is 5.02 Å². The van der Waals surface area contributed by atoms with Gasteiger partial charge in [-0.3, -0.25) is 0 Å². The SMILES string of the molecule is CCNc1ncc(F)c(Nc2ccc(Cl)c(OC)c2)n1. The minimum atomic E-state index is -0.541. The van der Waals surface area contributed by atoms with Crippen LogP contribution in [0.3, 0.4) is 0 Å². The van der Waals surface area contributed by atoms with Crippen LogP contribution in [0.1, 0.15) is 6.92 Å². The maximum atomic E-state index is 13.7. The molecule has 1 aromatic heterocycles. The Morgan fingerprint density at radius 1 is 1.40 bits per heavy atom. The van der Waals surface area contributed by atoms with Gasteiger partial charge in [-0.2, -0.15) is 4.98 Å². The van der Waals surface area contributed by atoms with Gasteiger partial charge in [0.05, 0.1) is 18.3 Å². The molecule has 20 heavy (non-hydrogen) atoms. The number of aromatic nitrogens is 2. The van der Waals surface area contributed by atoms with Crippen molar-refractivity contribution in [3.8, 4) is 5.75 Å². The minimum Gasteiger partial charge on any atom is -0.495 e. The maximum absolute atomic E-state index is 13.7. The van der Waals surface area contributed by atoms with Crippen molar-refractivity contribution in [2.75, 3.05) is 24.3 Å². The number of anilines is 3. The predicted molar refractivity (Wildman–Crippen MR) is 77.4 cm³/mol. The summed E-state index contributed by atoms with van der Waals surface area (Å²) < 4.78 is 18.8. The largest absolute Gasteiger partial charge is 0.495 e. The number of nitrogens with one attached hydrogen (secondary N) is 2. The van der Waals surface area contributed by atoms with Gasteiger partial charge in [-0.25, -0.2) is 9.37 Å². The highest BCUT2D eigenvalue weighted by molar-refractivity contribution is 6.32. The second-order valence-electron chi connectivity index (χ2n) is 3.89. The zero-order chi connectivity index (χ0) is 14.5. The van der Waals surface area contributed by atoms with Crippen LogP contribution in [0.25, 0.3) is 0 Å². The van der Waals surface area contributed by atoms with E-state index < -0.39 is 5.82 Å². The Bertz CT molecular complexity index is 609. The van der Waals surface area contributed by atoms with Gasteiger partial charge in [-0.05, 0) is 19.1 Å². The van der Waals surface area contributed by atoms with Crippen molar-refractivity contribution >= 4 is 29.1 Å². The fourth-order valence-corrected chi connectivity index (χ4v) is 1.77. The lowest BCUT2D eigenvalue weighted by Gasteiger charge is -2.10. The first-order valence-corrected chi connectivity index (χ1v) is 6.38. The monoisotopic (exact) mass is 296 g/mol. The molecule has 0 amide bonds. The van der Waals surface area contributed by atoms with Gasteiger partial charge in [0.15, 0.2) is 11.6 Å². The quantitative estimate of drug-likeness (QED) is 0.885. The zero-order valence-electron chi connectivity index (χ0n) is 11.1. The number of benzene rings is 1. The van der Waals surface area contributed by atoms with Crippen molar-refractivity contribution < 1.29 is 9.13 Å². The molecule has 0 saturated carbocycles. The molecule has 0 aliphatic heterocycles. The molecule has 106 valence electrons. The highest BCUT2D eigenvalue weighted by Gasteiger charge is 2.08. The Kier molecular flexibility index (Phi) is 4.57. The van der Waals surface area contributed by atoms with Crippen molar-refractivity contribution in [2.45, 2.75) is 6.92 Å². The standard InChI is InChI=1S/C13H14ClFN4O/c1-3-16-13-17-7-10(15)12(19-13)18-8-4-5-9(14)11(6-8)20-2/h4-7H,3H2,1-2H3,(H2,16,17,18,19). The summed E-state index contributed by atoms with van der Waals surface area (Å²) in [5.74, 6) is 0.399. The first-order chi connectivity index (χ1) is 9.63. The molecule has 1 heterocycles. The Hall–Kier alpha value is -2.08. The van der Waals surface area contributed by atoms with Crippen molar-refractivity contribution in [2.24, 2.45) is 0 Å². The van der Waals surface area contributed by atoms with E-state index in [0.29, 0.717) is 29.0 Å². The van der Waals surface area contributed by atoms with Gasteiger partial charge in [0.25, 0.3) is 0 Å². The van der Waals surface area contributed by atoms with Crippen LogP contribution in [0.5, 0.6) is 5.75 Å². The summed E-state index contributed by atoms with van der Waals surface area (Å²) in [7, 11) is 1.51. The van der Waals surface area contributed by atoms with E-state index in [0.717, 1.165) is 6.20 Å². The van der Waals surface area contributed by atoms with Crippen LogP contribution >= 0.6 is 11.6 Å². The molecule has 0 atom stereocenters. The number of hydrogen-bond donors (Lipinski definition) is 2. The average molecular weight is 297 g/mol. The molecule has 0 fully saturated rings. The topological polar surface area (TPSA) is 59.1 Å². The molecule has 2 N–H and O–H groups in total. The molecular weight excluding hydrogens is 283 g/mol. The van der Waals surface area contributed by atoms with Crippen LogP contribution in [0.4, 0.5) is 21.8 Å². The van der Waals surface area contributed by atoms with E-state index in [2.05, 4.69) is 20.6 Å². The Labute approximate surface area is 121 Å². The predicted octanol–water partition coefficient (Wildman–Crippen LogP) is 3.45. The van der Waals surface area contributed by atoms with Gasteiger partial charge < -0.3 is 15.4 Å². The Balaban J connectivity index is 2.27. The molecule has 0 saturated heterocycles. The highest BCUT2D eigenvalue weighted by Crippen LogP contribution is 2.29. The van der Waals surface area contributed by atoms with Gasteiger partial charge in [-0.1, -0.05) is 11.6 Å². The van der Waals surface area contributed by atoms with E-state index in [4.69, 9.17) is 16.3 Å². The van der Waals surface area contributed by atoms with Crippen molar-refractivity contribution in [1.82, 2.24) is 9.97 Å². The van der Waals surface area contributed by atoms with Gasteiger partial charge in [0, 0.05) is 18.3 Å². The molecule has 2 rings (SSSR count). The first-order valence-electron chi connectivity index (χ1n) is 6.01. The third-order valence-corrected chi connectivity index (χ3v) is 2.81. The smallest absolute Gasteiger partial charge is 0.224 e. The van der Waals surface area contributed by atoms with E-state index in [1.165, 1.54) is 7.11 Å². The molecule has 0 radical (unpaired) electrons. The lowest BCUT2D eigenvalue weighted by atomic mass is 10.3. The molecule has 0 aliphatic carbocycles.